The maximum absolute atomic E-state index is 11.4. The van der Waals surface area contributed by atoms with Crippen molar-refractivity contribution >= 4 is 5.91 Å². The van der Waals surface area contributed by atoms with Crippen LogP contribution < -0.4 is 11.1 Å². The average molecular weight is 232 g/mol. The summed E-state index contributed by atoms with van der Waals surface area (Å²) in [5.74, 6) is 0.0739. The van der Waals surface area contributed by atoms with Crippen LogP contribution in [0.1, 0.15) is 20.3 Å². The van der Waals surface area contributed by atoms with E-state index in [1.807, 2.05) is 13.8 Å². The van der Waals surface area contributed by atoms with Gasteiger partial charge in [0.05, 0.1) is 19.3 Å². The Hall–Kier alpha value is -0.650. The summed E-state index contributed by atoms with van der Waals surface area (Å²) < 4.78 is 10.1. The van der Waals surface area contributed by atoms with Crippen LogP contribution in [0.25, 0.3) is 0 Å². The first-order valence-electron chi connectivity index (χ1n) is 5.69. The second kappa shape index (κ2) is 9.57. The van der Waals surface area contributed by atoms with Gasteiger partial charge in [-0.3, -0.25) is 4.79 Å². The topological polar surface area (TPSA) is 73.6 Å². The third kappa shape index (κ3) is 7.62. The molecule has 0 unspecified atom stereocenters. The minimum atomic E-state index is -0.422. The molecule has 16 heavy (non-hydrogen) atoms. The fraction of sp³-hybridized carbons (Fsp3) is 0.909. The first-order chi connectivity index (χ1) is 7.59. The van der Waals surface area contributed by atoms with E-state index in [1.165, 1.54) is 0 Å². The van der Waals surface area contributed by atoms with Gasteiger partial charge < -0.3 is 20.5 Å². The van der Waals surface area contributed by atoms with Crippen LogP contribution in [-0.4, -0.2) is 45.4 Å². The van der Waals surface area contributed by atoms with Gasteiger partial charge in [0.15, 0.2) is 0 Å². The van der Waals surface area contributed by atoms with Crippen molar-refractivity contribution < 1.29 is 14.3 Å². The molecular weight excluding hydrogens is 208 g/mol. The molecule has 0 aromatic heterocycles. The zero-order valence-corrected chi connectivity index (χ0v) is 10.5. The van der Waals surface area contributed by atoms with E-state index in [2.05, 4.69) is 5.32 Å². The molecule has 0 bridgehead atoms. The molecule has 0 aliphatic heterocycles. The number of ether oxygens (including phenoxy) is 2. The summed E-state index contributed by atoms with van der Waals surface area (Å²) in [5.41, 5.74) is 5.68. The standard InChI is InChI=1S/C11H24N2O3/c1-9(2)10(12)11(14)13-5-4-6-16-8-7-15-3/h9-10H,4-8,12H2,1-3H3,(H,13,14)/t10-/m0/s1. The van der Waals surface area contributed by atoms with Gasteiger partial charge in [-0.15, -0.1) is 0 Å². The van der Waals surface area contributed by atoms with Crippen LogP contribution in [0.3, 0.4) is 0 Å². The number of nitrogens with two attached hydrogens (primary N) is 1. The van der Waals surface area contributed by atoms with Crippen molar-refractivity contribution in [2.24, 2.45) is 11.7 Å². The lowest BCUT2D eigenvalue weighted by Gasteiger charge is -2.15. The van der Waals surface area contributed by atoms with Crippen LogP contribution in [0.4, 0.5) is 0 Å². The van der Waals surface area contributed by atoms with E-state index < -0.39 is 6.04 Å². The number of hydrogen-bond donors (Lipinski definition) is 2. The number of carbonyl (C=O) groups is 1. The molecule has 0 aromatic rings. The highest BCUT2D eigenvalue weighted by molar-refractivity contribution is 5.81. The second-order valence-electron chi connectivity index (χ2n) is 4.02. The lowest BCUT2D eigenvalue weighted by atomic mass is 10.1. The summed E-state index contributed by atoms with van der Waals surface area (Å²) in [6, 6.07) is -0.422. The van der Waals surface area contributed by atoms with E-state index in [4.69, 9.17) is 15.2 Å². The molecule has 0 fully saturated rings. The van der Waals surface area contributed by atoms with Gasteiger partial charge in [-0.1, -0.05) is 13.8 Å². The third-order valence-electron chi connectivity index (χ3n) is 2.22. The van der Waals surface area contributed by atoms with Gasteiger partial charge in [0.2, 0.25) is 5.91 Å². The molecule has 5 nitrogen and oxygen atoms in total. The SMILES string of the molecule is COCCOCCCNC(=O)[C@@H](N)C(C)C. The molecule has 0 saturated carbocycles. The van der Waals surface area contributed by atoms with Crippen LogP contribution in [0, 0.1) is 5.92 Å². The van der Waals surface area contributed by atoms with Crippen LogP contribution in [0.5, 0.6) is 0 Å². The average Bonchev–Trinajstić information content (AvgIpc) is 2.26. The lowest BCUT2D eigenvalue weighted by molar-refractivity contribution is -0.123. The predicted molar refractivity (Wildman–Crippen MR) is 63.1 cm³/mol. The van der Waals surface area contributed by atoms with E-state index in [-0.39, 0.29) is 11.8 Å². The minimum absolute atomic E-state index is 0.0908. The number of hydrogen-bond acceptors (Lipinski definition) is 4. The molecule has 0 aromatic carbocycles. The predicted octanol–water partition coefficient (Wildman–Crippen LogP) is 0.139. The fourth-order valence-corrected chi connectivity index (χ4v) is 1.05. The number of amides is 1. The van der Waals surface area contributed by atoms with Crippen molar-refractivity contribution in [2.45, 2.75) is 26.3 Å². The molecule has 1 amide bonds. The molecule has 1 atom stereocenters. The van der Waals surface area contributed by atoms with Gasteiger partial charge in [-0.2, -0.15) is 0 Å². The molecule has 0 rings (SSSR count). The van der Waals surface area contributed by atoms with Crippen molar-refractivity contribution in [1.29, 1.82) is 0 Å². The molecule has 0 aliphatic carbocycles. The number of nitrogens with one attached hydrogen (secondary N) is 1. The summed E-state index contributed by atoms with van der Waals surface area (Å²) in [4.78, 5) is 11.4. The number of methoxy groups -OCH3 is 1. The highest BCUT2D eigenvalue weighted by Crippen LogP contribution is 1.97. The normalized spacial score (nSPS) is 12.8. The molecule has 96 valence electrons. The zero-order chi connectivity index (χ0) is 12.4. The van der Waals surface area contributed by atoms with Crippen LogP contribution in [0.2, 0.25) is 0 Å². The van der Waals surface area contributed by atoms with E-state index in [0.717, 1.165) is 6.42 Å². The largest absolute Gasteiger partial charge is 0.382 e. The number of carbonyl (C=O) groups excluding carboxylic acids is 1. The first-order valence-corrected chi connectivity index (χ1v) is 5.69. The third-order valence-corrected chi connectivity index (χ3v) is 2.22. The Bertz CT molecular complexity index is 186. The lowest BCUT2D eigenvalue weighted by Crippen LogP contribution is -2.44. The maximum atomic E-state index is 11.4. The highest BCUT2D eigenvalue weighted by Gasteiger charge is 2.15. The van der Waals surface area contributed by atoms with Crippen LogP contribution in [0.15, 0.2) is 0 Å². The van der Waals surface area contributed by atoms with Crippen molar-refractivity contribution in [2.75, 3.05) is 33.5 Å². The van der Waals surface area contributed by atoms with E-state index in [9.17, 15) is 4.79 Å². The Morgan fingerprint density at radius 3 is 2.56 bits per heavy atom. The van der Waals surface area contributed by atoms with Gasteiger partial charge in [-0.25, -0.2) is 0 Å². The van der Waals surface area contributed by atoms with E-state index in [0.29, 0.717) is 26.4 Å². The summed E-state index contributed by atoms with van der Waals surface area (Å²) in [6.07, 6.45) is 0.792. The van der Waals surface area contributed by atoms with Crippen molar-refractivity contribution in [3.05, 3.63) is 0 Å². The Balaban J connectivity index is 3.34. The molecule has 0 radical (unpaired) electrons. The van der Waals surface area contributed by atoms with Crippen LogP contribution in [-0.2, 0) is 14.3 Å². The van der Waals surface area contributed by atoms with Gasteiger partial charge in [0.25, 0.3) is 0 Å². The first kappa shape index (κ1) is 15.3. The summed E-state index contributed by atoms with van der Waals surface area (Å²) in [7, 11) is 1.64. The molecule has 3 N–H and O–H groups in total. The van der Waals surface area contributed by atoms with E-state index >= 15 is 0 Å². The van der Waals surface area contributed by atoms with Crippen LogP contribution >= 0.6 is 0 Å². The molecule has 0 heterocycles. The van der Waals surface area contributed by atoms with Gasteiger partial charge in [0, 0.05) is 20.3 Å². The minimum Gasteiger partial charge on any atom is -0.382 e. The summed E-state index contributed by atoms with van der Waals surface area (Å²) >= 11 is 0. The summed E-state index contributed by atoms with van der Waals surface area (Å²) in [6.45, 7) is 6.28. The number of rotatable bonds is 9. The molecule has 0 saturated heterocycles. The highest BCUT2D eigenvalue weighted by atomic mass is 16.5. The Labute approximate surface area is 97.7 Å². The van der Waals surface area contributed by atoms with Gasteiger partial charge in [0.1, 0.15) is 0 Å². The quantitative estimate of drug-likeness (QED) is 0.555. The smallest absolute Gasteiger partial charge is 0.237 e. The molecule has 5 heteroatoms. The maximum Gasteiger partial charge on any atom is 0.237 e. The Morgan fingerprint density at radius 2 is 2.00 bits per heavy atom. The van der Waals surface area contributed by atoms with Crippen molar-refractivity contribution in [3.8, 4) is 0 Å². The molecule has 0 spiro atoms. The summed E-state index contributed by atoms with van der Waals surface area (Å²) in [5, 5.41) is 2.78. The molecular formula is C11H24N2O3. The Morgan fingerprint density at radius 1 is 1.31 bits per heavy atom. The molecule has 0 aliphatic rings. The van der Waals surface area contributed by atoms with Gasteiger partial charge in [-0.05, 0) is 12.3 Å². The zero-order valence-electron chi connectivity index (χ0n) is 10.5. The second-order valence-corrected chi connectivity index (χ2v) is 4.02. The van der Waals surface area contributed by atoms with Crippen molar-refractivity contribution in [1.82, 2.24) is 5.32 Å². The van der Waals surface area contributed by atoms with Gasteiger partial charge >= 0.3 is 0 Å². The monoisotopic (exact) mass is 232 g/mol. The van der Waals surface area contributed by atoms with E-state index in [1.54, 1.807) is 7.11 Å². The fourth-order valence-electron chi connectivity index (χ4n) is 1.05. The van der Waals surface area contributed by atoms with Crippen molar-refractivity contribution in [3.63, 3.8) is 0 Å². The Kier molecular flexibility index (Phi) is 9.18.